The van der Waals surface area contributed by atoms with E-state index in [-0.39, 0.29) is 18.4 Å². The van der Waals surface area contributed by atoms with Gasteiger partial charge in [0.25, 0.3) is 5.91 Å². The van der Waals surface area contributed by atoms with E-state index in [2.05, 4.69) is 10.6 Å². The smallest absolute Gasteiger partial charge is 0.325 e. The number of amides is 4. The molecule has 1 fully saturated rings. The van der Waals surface area contributed by atoms with Crippen molar-refractivity contribution < 1.29 is 14.4 Å². The van der Waals surface area contributed by atoms with Gasteiger partial charge in [0.1, 0.15) is 12.1 Å². The van der Waals surface area contributed by atoms with E-state index in [0.29, 0.717) is 19.4 Å². The standard InChI is InChI=1S/C21H23N3O3/c1-21(13-12-16-8-4-2-5-9-16)19(26)24(20(27)23-21)15-18(25)22-14-17-10-6-3-7-11-17/h2-11H,12-15H2,1H3,(H,22,25)(H,23,27). The molecule has 2 aromatic rings. The van der Waals surface area contributed by atoms with E-state index in [1.54, 1.807) is 6.92 Å². The van der Waals surface area contributed by atoms with Crippen molar-refractivity contribution in [2.24, 2.45) is 0 Å². The summed E-state index contributed by atoms with van der Waals surface area (Å²) in [6.07, 6.45) is 1.14. The highest BCUT2D eigenvalue weighted by molar-refractivity contribution is 6.08. The van der Waals surface area contributed by atoms with Crippen LogP contribution in [0.25, 0.3) is 0 Å². The fourth-order valence-corrected chi connectivity index (χ4v) is 3.10. The lowest BCUT2D eigenvalue weighted by atomic mass is 9.93. The molecule has 0 saturated carbocycles. The lowest BCUT2D eigenvalue weighted by Gasteiger charge is -2.21. The van der Waals surface area contributed by atoms with Crippen molar-refractivity contribution in [3.8, 4) is 0 Å². The Kier molecular flexibility index (Phi) is 5.54. The third kappa shape index (κ3) is 4.53. The summed E-state index contributed by atoms with van der Waals surface area (Å²) < 4.78 is 0. The maximum atomic E-state index is 12.7. The average Bonchev–Trinajstić information content (AvgIpc) is 2.90. The Bertz CT molecular complexity index is 823. The first kappa shape index (κ1) is 18.6. The molecule has 0 spiro atoms. The zero-order valence-corrected chi connectivity index (χ0v) is 15.3. The molecule has 140 valence electrons. The second-order valence-electron chi connectivity index (χ2n) is 6.90. The summed E-state index contributed by atoms with van der Waals surface area (Å²) in [7, 11) is 0. The summed E-state index contributed by atoms with van der Waals surface area (Å²) in [6, 6.07) is 18.7. The first-order valence-corrected chi connectivity index (χ1v) is 8.96. The van der Waals surface area contributed by atoms with Crippen LogP contribution in [0.5, 0.6) is 0 Å². The van der Waals surface area contributed by atoms with Gasteiger partial charge in [-0.1, -0.05) is 60.7 Å². The largest absolute Gasteiger partial charge is 0.350 e. The van der Waals surface area contributed by atoms with Crippen molar-refractivity contribution in [3.05, 3.63) is 71.8 Å². The Hall–Kier alpha value is -3.15. The van der Waals surface area contributed by atoms with Crippen LogP contribution in [-0.4, -0.2) is 34.8 Å². The molecule has 1 saturated heterocycles. The van der Waals surface area contributed by atoms with Crippen molar-refractivity contribution >= 4 is 17.8 Å². The first-order valence-electron chi connectivity index (χ1n) is 8.96. The van der Waals surface area contributed by atoms with E-state index in [1.807, 2.05) is 60.7 Å². The second-order valence-corrected chi connectivity index (χ2v) is 6.90. The Balaban J connectivity index is 1.55. The maximum absolute atomic E-state index is 12.7. The van der Waals surface area contributed by atoms with Gasteiger partial charge in [-0.25, -0.2) is 4.79 Å². The summed E-state index contributed by atoms with van der Waals surface area (Å²) in [5.74, 6) is -0.729. The molecule has 27 heavy (non-hydrogen) atoms. The zero-order chi connectivity index (χ0) is 19.3. The predicted octanol–water partition coefficient (Wildman–Crippen LogP) is 2.25. The monoisotopic (exact) mass is 365 g/mol. The molecular weight excluding hydrogens is 342 g/mol. The first-order chi connectivity index (χ1) is 13.0. The highest BCUT2D eigenvalue weighted by atomic mass is 16.2. The molecule has 3 rings (SSSR count). The molecule has 2 N–H and O–H groups in total. The van der Waals surface area contributed by atoms with Crippen molar-refractivity contribution in [2.45, 2.75) is 31.8 Å². The molecule has 2 aromatic carbocycles. The highest BCUT2D eigenvalue weighted by Gasteiger charge is 2.47. The number of hydrogen-bond donors (Lipinski definition) is 2. The van der Waals surface area contributed by atoms with Gasteiger partial charge < -0.3 is 10.6 Å². The topological polar surface area (TPSA) is 78.5 Å². The fourth-order valence-electron chi connectivity index (χ4n) is 3.10. The Labute approximate surface area is 158 Å². The number of rotatable bonds is 7. The molecule has 0 bridgehead atoms. The molecule has 0 aliphatic carbocycles. The number of carbonyl (C=O) groups is 3. The minimum atomic E-state index is -0.993. The highest BCUT2D eigenvalue weighted by Crippen LogP contribution is 2.23. The number of nitrogens with zero attached hydrogens (tertiary/aromatic N) is 1. The van der Waals surface area contributed by atoms with Gasteiger partial charge in [0.05, 0.1) is 0 Å². The zero-order valence-electron chi connectivity index (χ0n) is 15.3. The minimum absolute atomic E-state index is 0.279. The van der Waals surface area contributed by atoms with E-state index in [1.165, 1.54) is 0 Å². The molecule has 0 aromatic heterocycles. The number of imide groups is 1. The summed E-state index contributed by atoms with van der Waals surface area (Å²) in [4.78, 5) is 38.1. The van der Waals surface area contributed by atoms with Gasteiger partial charge in [0.15, 0.2) is 0 Å². The normalized spacial score (nSPS) is 19.1. The van der Waals surface area contributed by atoms with Gasteiger partial charge >= 0.3 is 6.03 Å². The number of nitrogens with one attached hydrogen (secondary N) is 2. The molecular formula is C21H23N3O3. The quantitative estimate of drug-likeness (QED) is 0.739. The Morgan fingerprint density at radius 3 is 2.22 bits per heavy atom. The second kappa shape index (κ2) is 8.03. The number of benzene rings is 2. The molecule has 0 radical (unpaired) electrons. The Morgan fingerprint density at radius 1 is 1.00 bits per heavy atom. The van der Waals surface area contributed by atoms with Gasteiger partial charge in [0.2, 0.25) is 5.91 Å². The summed E-state index contributed by atoms with van der Waals surface area (Å²) in [6.45, 7) is 1.78. The number of hydrogen-bond acceptors (Lipinski definition) is 3. The van der Waals surface area contributed by atoms with Crippen LogP contribution in [-0.2, 0) is 22.6 Å². The van der Waals surface area contributed by atoms with Crippen LogP contribution in [0.1, 0.15) is 24.5 Å². The van der Waals surface area contributed by atoms with Crippen LogP contribution < -0.4 is 10.6 Å². The summed E-state index contributed by atoms with van der Waals surface area (Å²) >= 11 is 0. The van der Waals surface area contributed by atoms with Crippen molar-refractivity contribution in [2.75, 3.05) is 6.54 Å². The average molecular weight is 365 g/mol. The molecule has 1 aliphatic heterocycles. The van der Waals surface area contributed by atoms with Crippen LogP contribution in [0.3, 0.4) is 0 Å². The number of carbonyl (C=O) groups excluding carboxylic acids is 3. The third-order valence-corrected chi connectivity index (χ3v) is 4.74. The van der Waals surface area contributed by atoms with E-state index in [0.717, 1.165) is 16.0 Å². The maximum Gasteiger partial charge on any atom is 0.325 e. The van der Waals surface area contributed by atoms with Gasteiger partial charge in [-0.2, -0.15) is 0 Å². The van der Waals surface area contributed by atoms with Crippen molar-refractivity contribution in [1.82, 2.24) is 15.5 Å². The van der Waals surface area contributed by atoms with E-state index >= 15 is 0 Å². The van der Waals surface area contributed by atoms with Gasteiger partial charge in [-0.3, -0.25) is 14.5 Å². The molecule has 6 nitrogen and oxygen atoms in total. The lowest BCUT2D eigenvalue weighted by molar-refractivity contribution is -0.134. The van der Waals surface area contributed by atoms with Crippen LogP contribution in [0.2, 0.25) is 0 Å². The predicted molar refractivity (Wildman–Crippen MR) is 102 cm³/mol. The van der Waals surface area contributed by atoms with E-state index in [9.17, 15) is 14.4 Å². The molecule has 1 unspecified atom stereocenters. The number of urea groups is 1. The number of aryl methyl sites for hydroxylation is 1. The van der Waals surface area contributed by atoms with Gasteiger partial charge in [0, 0.05) is 6.54 Å². The molecule has 1 atom stereocenters. The SMILES string of the molecule is CC1(CCc2ccccc2)NC(=O)N(CC(=O)NCc2ccccc2)C1=O. The van der Waals surface area contributed by atoms with Crippen molar-refractivity contribution in [3.63, 3.8) is 0 Å². The summed E-state index contributed by atoms with van der Waals surface area (Å²) in [5.41, 5.74) is 1.06. The van der Waals surface area contributed by atoms with Crippen LogP contribution in [0.15, 0.2) is 60.7 Å². The molecule has 1 heterocycles. The van der Waals surface area contributed by atoms with Crippen molar-refractivity contribution in [1.29, 1.82) is 0 Å². The molecule has 1 aliphatic rings. The van der Waals surface area contributed by atoms with Gasteiger partial charge in [-0.15, -0.1) is 0 Å². The van der Waals surface area contributed by atoms with E-state index < -0.39 is 11.6 Å². The molecule has 4 amide bonds. The van der Waals surface area contributed by atoms with Crippen LogP contribution in [0.4, 0.5) is 4.79 Å². The third-order valence-electron chi connectivity index (χ3n) is 4.74. The van der Waals surface area contributed by atoms with E-state index in [4.69, 9.17) is 0 Å². The molecule has 6 heteroatoms. The minimum Gasteiger partial charge on any atom is -0.350 e. The Morgan fingerprint density at radius 2 is 1.59 bits per heavy atom. The van der Waals surface area contributed by atoms with Crippen LogP contribution >= 0.6 is 0 Å². The summed E-state index contributed by atoms with van der Waals surface area (Å²) in [5, 5.41) is 5.48. The fraction of sp³-hybridized carbons (Fsp3) is 0.286. The van der Waals surface area contributed by atoms with Gasteiger partial charge in [-0.05, 0) is 30.9 Å². The lowest BCUT2D eigenvalue weighted by Crippen LogP contribution is -2.45. The van der Waals surface area contributed by atoms with Crippen LogP contribution in [0, 0.1) is 0 Å².